The third-order valence-electron chi connectivity index (χ3n) is 1.97. The molecule has 0 radical (unpaired) electrons. The van der Waals surface area contributed by atoms with Crippen LogP contribution in [0.4, 0.5) is 0 Å². The first-order valence-corrected chi connectivity index (χ1v) is 3.70. The molecule has 1 N–H and O–H groups in total. The summed E-state index contributed by atoms with van der Waals surface area (Å²) in [7, 11) is 1.58. The van der Waals surface area contributed by atoms with Crippen LogP contribution in [-0.2, 0) is 9.47 Å². The molecule has 1 saturated heterocycles. The second-order valence-electron chi connectivity index (χ2n) is 2.72. The average Bonchev–Trinajstić information content (AvgIpc) is 1.86. The Morgan fingerprint density at radius 2 is 2.64 bits per heavy atom. The molecular weight excluding hydrogens is 144 g/mol. The molecule has 0 spiro atoms. The summed E-state index contributed by atoms with van der Waals surface area (Å²) in [5.74, 6) is 0.174. The lowest BCUT2D eigenvalue weighted by atomic mass is 9.92. The molecule has 0 aromatic carbocycles. The Labute approximate surface area is 66.6 Å². The molecule has 1 rings (SSSR count). The van der Waals surface area contributed by atoms with E-state index in [1.54, 1.807) is 13.2 Å². The Morgan fingerprint density at radius 1 is 1.91 bits per heavy atom. The fraction of sp³-hybridized carbons (Fsp3) is 0.750. The number of aliphatic hydroxyl groups is 1. The zero-order valence-corrected chi connectivity index (χ0v) is 6.69. The van der Waals surface area contributed by atoms with Gasteiger partial charge in [0, 0.05) is 13.0 Å². The van der Waals surface area contributed by atoms with Gasteiger partial charge in [-0.05, 0) is 0 Å². The van der Waals surface area contributed by atoms with E-state index >= 15 is 0 Å². The maximum atomic E-state index is 9.42. The number of hydrogen-bond donors (Lipinski definition) is 1. The summed E-state index contributed by atoms with van der Waals surface area (Å²) in [4.78, 5) is 0. The molecule has 0 bridgehead atoms. The lowest BCUT2D eigenvalue weighted by Crippen LogP contribution is -2.47. The van der Waals surface area contributed by atoms with Crippen molar-refractivity contribution < 1.29 is 14.6 Å². The molecule has 1 heterocycles. The summed E-state index contributed by atoms with van der Waals surface area (Å²) >= 11 is 0. The van der Waals surface area contributed by atoms with Crippen LogP contribution < -0.4 is 0 Å². The third-order valence-corrected chi connectivity index (χ3v) is 1.97. The fourth-order valence-corrected chi connectivity index (χ4v) is 1.19. The van der Waals surface area contributed by atoms with Gasteiger partial charge in [0.1, 0.15) is 0 Å². The van der Waals surface area contributed by atoms with E-state index in [1.807, 2.05) is 0 Å². The van der Waals surface area contributed by atoms with Gasteiger partial charge in [-0.25, -0.2) is 0 Å². The first-order valence-electron chi connectivity index (χ1n) is 3.70. The van der Waals surface area contributed by atoms with Gasteiger partial charge in [-0.2, -0.15) is 0 Å². The third kappa shape index (κ3) is 1.80. The largest absolute Gasteiger partial charge is 0.390 e. The lowest BCUT2D eigenvalue weighted by Gasteiger charge is -2.37. The van der Waals surface area contributed by atoms with Crippen molar-refractivity contribution in [2.75, 3.05) is 20.3 Å². The van der Waals surface area contributed by atoms with Crippen molar-refractivity contribution in [3.8, 4) is 0 Å². The summed E-state index contributed by atoms with van der Waals surface area (Å²) in [5.41, 5.74) is 0. The van der Waals surface area contributed by atoms with Crippen LogP contribution in [-0.4, -0.2) is 37.6 Å². The highest BCUT2D eigenvalue weighted by Gasteiger charge is 2.35. The van der Waals surface area contributed by atoms with Gasteiger partial charge in [0.2, 0.25) is 0 Å². The first-order chi connectivity index (χ1) is 5.29. The van der Waals surface area contributed by atoms with Crippen LogP contribution in [0, 0.1) is 5.92 Å². The lowest BCUT2D eigenvalue weighted by molar-refractivity contribution is -0.145. The summed E-state index contributed by atoms with van der Waals surface area (Å²) in [5, 5.41) is 9.42. The maximum Gasteiger partial charge on any atom is 0.0851 e. The van der Waals surface area contributed by atoms with E-state index in [1.165, 1.54) is 0 Å². The van der Waals surface area contributed by atoms with Crippen molar-refractivity contribution in [2.24, 2.45) is 5.92 Å². The van der Waals surface area contributed by atoms with E-state index in [0.29, 0.717) is 13.2 Å². The predicted molar refractivity (Wildman–Crippen MR) is 41.3 cm³/mol. The standard InChI is InChI=1S/C8H14O3/c1-3-8-6(4-11-8)7(9)5-10-2/h3,6-9H,1,4-5H2,2H3/t6-,7-,8-/m1/s1. The van der Waals surface area contributed by atoms with Crippen molar-refractivity contribution in [1.29, 1.82) is 0 Å². The number of ether oxygens (including phenoxy) is 2. The Morgan fingerprint density at radius 3 is 3.00 bits per heavy atom. The van der Waals surface area contributed by atoms with Crippen LogP contribution in [0.15, 0.2) is 12.7 Å². The molecule has 0 unspecified atom stereocenters. The Bertz CT molecular complexity index is 135. The minimum absolute atomic E-state index is 0.0140. The highest BCUT2D eigenvalue weighted by molar-refractivity contribution is 4.95. The van der Waals surface area contributed by atoms with Crippen LogP contribution >= 0.6 is 0 Å². The number of methoxy groups -OCH3 is 1. The predicted octanol–water partition coefficient (Wildman–Crippen LogP) is 0.195. The van der Waals surface area contributed by atoms with Gasteiger partial charge in [0.05, 0.1) is 25.4 Å². The number of rotatable bonds is 4. The SMILES string of the molecule is C=C[C@H]1OC[C@@H]1[C@H](O)COC. The minimum Gasteiger partial charge on any atom is -0.390 e. The van der Waals surface area contributed by atoms with Gasteiger partial charge in [0.25, 0.3) is 0 Å². The summed E-state index contributed by atoms with van der Waals surface area (Å²) in [6, 6.07) is 0. The molecule has 0 saturated carbocycles. The van der Waals surface area contributed by atoms with E-state index in [2.05, 4.69) is 6.58 Å². The highest BCUT2D eigenvalue weighted by atomic mass is 16.5. The molecule has 3 atom stereocenters. The van der Waals surface area contributed by atoms with Crippen molar-refractivity contribution >= 4 is 0 Å². The number of aliphatic hydroxyl groups excluding tert-OH is 1. The van der Waals surface area contributed by atoms with E-state index in [9.17, 15) is 5.11 Å². The molecule has 11 heavy (non-hydrogen) atoms. The molecular formula is C8H14O3. The van der Waals surface area contributed by atoms with E-state index in [-0.39, 0.29) is 12.0 Å². The molecule has 0 aromatic heterocycles. The van der Waals surface area contributed by atoms with Crippen molar-refractivity contribution in [1.82, 2.24) is 0 Å². The van der Waals surface area contributed by atoms with Gasteiger partial charge in [0.15, 0.2) is 0 Å². The minimum atomic E-state index is -0.420. The van der Waals surface area contributed by atoms with Gasteiger partial charge in [-0.1, -0.05) is 6.08 Å². The maximum absolute atomic E-state index is 9.42. The van der Waals surface area contributed by atoms with Crippen LogP contribution in [0.2, 0.25) is 0 Å². The molecule has 1 aliphatic heterocycles. The molecule has 1 aliphatic rings. The molecule has 3 nitrogen and oxygen atoms in total. The van der Waals surface area contributed by atoms with E-state index < -0.39 is 6.10 Å². The van der Waals surface area contributed by atoms with Crippen LogP contribution in [0.5, 0.6) is 0 Å². The Hall–Kier alpha value is -0.380. The second-order valence-corrected chi connectivity index (χ2v) is 2.72. The van der Waals surface area contributed by atoms with Crippen molar-refractivity contribution in [3.63, 3.8) is 0 Å². The van der Waals surface area contributed by atoms with Crippen LogP contribution in [0.1, 0.15) is 0 Å². The monoisotopic (exact) mass is 158 g/mol. The summed E-state index contributed by atoms with van der Waals surface area (Å²) < 4.78 is 9.94. The topological polar surface area (TPSA) is 38.7 Å². The molecule has 0 amide bonds. The summed E-state index contributed by atoms with van der Waals surface area (Å²) in [6.45, 7) is 4.58. The van der Waals surface area contributed by atoms with E-state index in [0.717, 1.165) is 0 Å². The van der Waals surface area contributed by atoms with E-state index in [4.69, 9.17) is 9.47 Å². The molecule has 0 aliphatic carbocycles. The van der Waals surface area contributed by atoms with Gasteiger partial charge < -0.3 is 14.6 Å². The normalized spacial score (nSPS) is 32.5. The summed E-state index contributed by atoms with van der Waals surface area (Å²) in [6.07, 6.45) is 1.31. The van der Waals surface area contributed by atoms with Gasteiger partial charge in [-0.3, -0.25) is 0 Å². The molecule has 0 aromatic rings. The van der Waals surface area contributed by atoms with Gasteiger partial charge in [-0.15, -0.1) is 6.58 Å². The fourth-order valence-electron chi connectivity index (χ4n) is 1.19. The average molecular weight is 158 g/mol. The Kier molecular flexibility index (Phi) is 3.05. The molecule has 64 valence electrons. The zero-order valence-electron chi connectivity index (χ0n) is 6.69. The molecule has 1 fully saturated rings. The van der Waals surface area contributed by atoms with Gasteiger partial charge >= 0.3 is 0 Å². The molecule has 3 heteroatoms. The zero-order chi connectivity index (χ0) is 8.27. The Balaban J connectivity index is 2.29. The second kappa shape index (κ2) is 3.85. The first kappa shape index (κ1) is 8.71. The van der Waals surface area contributed by atoms with Crippen LogP contribution in [0.3, 0.4) is 0 Å². The van der Waals surface area contributed by atoms with Crippen molar-refractivity contribution in [2.45, 2.75) is 12.2 Å². The number of hydrogen-bond acceptors (Lipinski definition) is 3. The van der Waals surface area contributed by atoms with Crippen LogP contribution in [0.25, 0.3) is 0 Å². The van der Waals surface area contributed by atoms with Crippen molar-refractivity contribution in [3.05, 3.63) is 12.7 Å². The smallest absolute Gasteiger partial charge is 0.0851 e. The quantitative estimate of drug-likeness (QED) is 0.594. The highest BCUT2D eigenvalue weighted by Crippen LogP contribution is 2.24.